The summed E-state index contributed by atoms with van der Waals surface area (Å²) in [5, 5.41) is 0. The number of rotatable bonds is 3. The van der Waals surface area contributed by atoms with Gasteiger partial charge in [0.2, 0.25) is 0 Å². The summed E-state index contributed by atoms with van der Waals surface area (Å²) in [4.78, 5) is 4.88. The predicted octanol–water partition coefficient (Wildman–Crippen LogP) is 1.61. The highest BCUT2D eigenvalue weighted by Crippen LogP contribution is 2.26. The predicted molar refractivity (Wildman–Crippen MR) is 73.5 cm³/mol. The molecule has 0 bridgehead atoms. The molecule has 1 aromatic heterocycles. The maximum absolute atomic E-state index is 5.96. The highest BCUT2D eigenvalue weighted by atomic mass is 16.3. The molecule has 2 heterocycles. The van der Waals surface area contributed by atoms with Gasteiger partial charge in [-0.3, -0.25) is 9.80 Å². The molecule has 1 aromatic rings. The molecule has 102 valence electrons. The fraction of sp³-hybridized carbons (Fsp3) is 0.714. The average Bonchev–Trinajstić information content (AvgIpc) is 2.73. The average molecular weight is 251 g/mol. The van der Waals surface area contributed by atoms with Gasteiger partial charge in [0.05, 0.1) is 6.04 Å². The molecule has 1 aliphatic rings. The van der Waals surface area contributed by atoms with Gasteiger partial charge in [-0.2, -0.15) is 0 Å². The molecule has 1 saturated heterocycles. The normalized spacial score (nSPS) is 28.5. The molecule has 0 saturated carbocycles. The van der Waals surface area contributed by atoms with Crippen molar-refractivity contribution in [1.82, 2.24) is 9.80 Å². The lowest BCUT2D eigenvalue weighted by Gasteiger charge is -2.44. The Morgan fingerprint density at radius 2 is 1.94 bits per heavy atom. The Morgan fingerprint density at radius 3 is 2.39 bits per heavy atom. The van der Waals surface area contributed by atoms with E-state index < -0.39 is 0 Å². The van der Waals surface area contributed by atoms with Gasteiger partial charge < -0.3 is 10.2 Å². The third-order valence-corrected chi connectivity index (χ3v) is 4.14. The summed E-state index contributed by atoms with van der Waals surface area (Å²) < 4.78 is 5.75. The van der Waals surface area contributed by atoms with E-state index in [4.69, 9.17) is 10.2 Å². The van der Waals surface area contributed by atoms with Gasteiger partial charge in [-0.1, -0.05) is 0 Å². The Labute approximate surface area is 110 Å². The molecule has 0 aliphatic carbocycles. The Hall–Kier alpha value is -0.840. The molecule has 4 heteroatoms. The van der Waals surface area contributed by atoms with Crippen LogP contribution in [0.2, 0.25) is 0 Å². The van der Waals surface area contributed by atoms with E-state index >= 15 is 0 Å². The molecule has 1 fully saturated rings. The summed E-state index contributed by atoms with van der Waals surface area (Å²) in [5.74, 6) is 1.96. The van der Waals surface area contributed by atoms with Crippen LogP contribution in [0.15, 0.2) is 16.5 Å². The van der Waals surface area contributed by atoms with Crippen LogP contribution >= 0.6 is 0 Å². The zero-order chi connectivity index (χ0) is 13.3. The summed E-state index contributed by atoms with van der Waals surface area (Å²) in [6, 6.07) is 5.39. The monoisotopic (exact) mass is 251 g/mol. The molecule has 4 nitrogen and oxygen atoms in total. The van der Waals surface area contributed by atoms with Crippen molar-refractivity contribution in [2.75, 3.05) is 26.7 Å². The van der Waals surface area contributed by atoms with Gasteiger partial charge in [-0.25, -0.2) is 0 Å². The van der Waals surface area contributed by atoms with E-state index in [1.165, 1.54) is 0 Å². The van der Waals surface area contributed by atoms with Gasteiger partial charge in [0.1, 0.15) is 11.5 Å². The van der Waals surface area contributed by atoms with Crippen molar-refractivity contribution in [2.45, 2.75) is 38.9 Å². The number of hydrogen-bond donors (Lipinski definition) is 1. The second kappa shape index (κ2) is 5.43. The van der Waals surface area contributed by atoms with E-state index in [0.717, 1.165) is 24.6 Å². The van der Waals surface area contributed by atoms with Crippen LogP contribution in [-0.2, 0) is 0 Å². The number of likely N-dealkylation sites (N-methyl/N-ethyl adjacent to an activating group) is 1. The van der Waals surface area contributed by atoms with Crippen LogP contribution in [0.4, 0.5) is 0 Å². The van der Waals surface area contributed by atoms with Crippen LogP contribution in [0, 0.1) is 6.92 Å². The maximum atomic E-state index is 5.96. The molecule has 18 heavy (non-hydrogen) atoms. The van der Waals surface area contributed by atoms with E-state index in [-0.39, 0.29) is 6.04 Å². The van der Waals surface area contributed by atoms with E-state index in [2.05, 4.69) is 36.8 Å². The summed E-state index contributed by atoms with van der Waals surface area (Å²) in [6.07, 6.45) is 0. The van der Waals surface area contributed by atoms with Crippen molar-refractivity contribution in [2.24, 2.45) is 5.73 Å². The van der Waals surface area contributed by atoms with Gasteiger partial charge in [0, 0.05) is 31.7 Å². The smallest absolute Gasteiger partial charge is 0.122 e. The first-order valence-electron chi connectivity index (χ1n) is 6.75. The van der Waals surface area contributed by atoms with Crippen LogP contribution in [0.1, 0.15) is 31.4 Å². The van der Waals surface area contributed by atoms with E-state index in [9.17, 15) is 0 Å². The van der Waals surface area contributed by atoms with Crippen LogP contribution in [0.25, 0.3) is 0 Å². The molecular formula is C14H25N3O. The summed E-state index contributed by atoms with van der Waals surface area (Å²) in [7, 11) is 2.20. The second-order valence-corrected chi connectivity index (χ2v) is 5.52. The molecule has 0 amide bonds. The Kier molecular flexibility index (Phi) is 4.10. The Bertz CT molecular complexity index is 378. The SMILES string of the molecule is Cc1ccc(C(CN)N2CC(C)N(C)C(C)C2)o1. The zero-order valence-electron chi connectivity index (χ0n) is 11.9. The third kappa shape index (κ3) is 2.60. The van der Waals surface area contributed by atoms with E-state index in [1.54, 1.807) is 0 Å². The molecule has 1 aliphatic heterocycles. The molecule has 0 spiro atoms. The number of furan rings is 1. The molecule has 2 N–H and O–H groups in total. The maximum Gasteiger partial charge on any atom is 0.122 e. The van der Waals surface area contributed by atoms with Crippen molar-refractivity contribution in [1.29, 1.82) is 0 Å². The van der Waals surface area contributed by atoms with Gasteiger partial charge in [-0.15, -0.1) is 0 Å². The number of nitrogens with zero attached hydrogens (tertiary/aromatic N) is 2. The standard InChI is InChI=1S/C14H25N3O/c1-10-8-17(9-11(2)16(10)4)13(7-15)14-6-5-12(3)18-14/h5-6,10-11,13H,7-9,15H2,1-4H3. The summed E-state index contributed by atoms with van der Waals surface area (Å²) in [5.41, 5.74) is 5.96. The molecule has 2 rings (SSSR count). The minimum absolute atomic E-state index is 0.206. The van der Waals surface area contributed by atoms with Crippen molar-refractivity contribution in [3.8, 4) is 0 Å². The first kappa shape index (κ1) is 13.6. The number of nitrogens with two attached hydrogens (primary N) is 1. The van der Waals surface area contributed by atoms with Crippen LogP contribution in [0.5, 0.6) is 0 Å². The summed E-state index contributed by atoms with van der Waals surface area (Å²) >= 11 is 0. The zero-order valence-corrected chi connectivity index (χ0v) is 11.9. The number of aryl methyl sites for hydroxylation is 1. The van der Waals surface area contributed by atoms with Crippen molar-refractivity contribution < 1.29 is 4.42 Å². The molecule has 0 radical (unpaired) electrons. The highest BCUT2D eigenvalue weighted by Gasteiger charge is 2.32. The van der Waals surface area contributed by atoms with Crippen LogP contribution < -0.4 is 5.73 Å². The fourth-order valence-electron chi connectivity index (χ4n) is 2.78. The summed E-state index contributed by atoms with van der Waals surface area (Å²) in [6.45, 7) is 9.21. The topological polar surface area (TPSA) is 45.6 Å². The third-order valence-electron chi connectivity index (χ3n) is 4.14. The lowest BCUT2D eigenvalue weighted by atomic mass is 10.1. The van der Waals surface area contributed by atoms with E-state index in [0.29, 0.717) is 18.6 Å². The first-order valence-corrected chi connectivity index (χ1v) is 6.75. The van der Waals surface area contributed by atoms with Crippen molar-refractivity contribution in [3.63, 3.8) is 0 Å². The van der Waals surface area contributed by atoms with E-state index in [1.807, 2.05) is 13.0 Å². The lowest BCUT2D eigenvalue weighted by molar-refractivity contribution is 0.0295. The minimum atomic E-state index is 0.206. The number of piperazine rings is 1. The lowest BCUT2D eigenvalue weighted by Crippen LogP contribution is -2.56. The second-order valence-electron chi connectivity index (χ2n) is 5.52. The molecular weight excluding hydrogens is 226 g/mol. The molecule has 3 unspecified atom stereocenters. The van der Waals surface area contributed by atoms with Crippen molar-refractivity contribution >= 4 is 0 Å². The largest absolute Gasteiger partial charge is 0.465 e. The van der Waals surface area contributed by atoms with Gasteiger partial charge in [-0.05, 0) is 40.0 Å². The number of hydrogen-bond acceptors (Lipinski definition) is 4. The van der Waals surface area contributed by atoms with Gasteiger partial charge in [0.15, 0.2) is 0 Å². The molecule has 3 atom stereocenters. The van der Waals surface area contributed by atoms with Crippen LogP contribution in [0.3, 0.4) is 0 Å². The first-order chi connectivity index (χ1) is 8.52. The molecule has 0 aromatic carbocycles. The fourth-order valence-corrected chi connectivity index (χ4v) is 2.78. The minimum Gasteiger partial charge on any atom is -0.465 e. The van der Waals surface area contributed by atoms with Crippen molar-refractivity contribution in [3.05, 3.63) is 23.7 Å². The quantitative estimate of drug-likeness (QED) is 0.886. The van der Waals surface area contributed by atoms with Gasteiger partial charge >= 0.3 is 0 Å². The van der Waals surface area contributed by atoms with Gasteiger partial charge in [0.25, 0.3) is 0 Å². The van der Waals surface area contributed by atoms with Crippen LogP contribution in [-0.4, -0.2) is 48.6 Å². The highest BCUT2D eigenvalue weighted by molar-refractivity contribution is 5.11. The Morgan fingerprint density at radius 1 is 1.33 bits per heavy atom. The Balaban J connectivity index is 2.13.